The van der Waals surface area contributed by atoms with Crippen molar-refractivity contribution in [1.82, 2.24) is 5.32 Å². The summed E-state index contributed by atoms with van der Waals surface area (Å²) in [6.07, 6.45) is 11.8. The minimum absolute atomic E-state index is 0.0821. The van der Waals surface area contributed by atoms with Crippen LogP contribution in [-0.4, -0.2) is 11.9 Å². The lowest BCUT2D eigenvalue weighted by atomic mass is 9.48. The van der Waals surface area contributed by atoms with Crippen LogP contribution in [0.2, 0.25) is 0 Å². The van der Waals surface area contributed by atoms with E-state index in [1.54, 1.807) is 0 Å². The maximum absolute atomic E-state index is 13.1. The SMILES string of the molecule is CC(C)(C)c1ccc(C2=C[C@@]3(C)[C@@H](CC[C@H]4[C@@H]5CCC[C@@]5(C)CC[C@@H]43)NC2=O)cc1. The number of carbonyl (C=O) groups is 1. The Bertz CT molecular complexity index is 875. The van der Waals surface area contributed by atoms with Gasteiger partial charge in [0.05, 0.1) is 0 Å². The zero-order valence-electron chi connectivity index (χ0n) is 19.6. The maximum atomic E-state index is 13.1. The summed E-state index contributed by atoms with van der Waals surface area (Å²) in [5, 5.41) is 3.45. The molecule has 1 N–H and O–H groups in total. The summed E-state index contributed by atoms with van der Waals surface area (Å²) in [4.78, 5) is 13.1. The molecule has 1 amide bonds. The Kier molecular flexibility index (Phi) is 4.55. The van der Waals surface area contributed by atoms with Crippen LogP contribution in [0, 0.1) is 28.6 Å². The van der Waals surface area contributed by atoms with E-state index in [1.165, 1.54) is 44.1 Å². The van der Waals surface area contributed by atoms with Gasteiger partial charge in [0.1, 0.15) is 0 Å². The minimum Gasteiger partial charge on any atom is -0.348 e. The van der Waals surface area contributed by atoms with Gasteiger partial charge < -0.3 is 5.32 Å². The van der Waals surface area contributed by atoms with Crippen LogP contribution in [0.3, 0.4) is 0 Å². The first-order valence-corrected chi connectivity index (χ1v) is 12.3. The van der Waals surface area contributed by atoms with Crippen molar-refractivity contribution in [2.24, 2.45) is 28.6 Å². The molecule has 1 aromatic rings. The quantitative estimate of drug-likeness (QED) is 0.568. The lowest BCUT2D eigenvalue weighted by molar-refractivity contribution is -0.120. The molecule has 3 saturated carbocycles. The van der Waals surface area contributed by atoms with Crippen LogP contribution in [-0.2, 0) is 10.2 Å². The second-order valence-corrected chi connectivity index (χ2v) is 12.3. The molecule has 2 heteroatoms. The lowest BCUT2D eigenvalue weighted by Gasteiger charge is -2.58. The lowest BCUT2D eigenvalue weighted by Crippen LogP contribution is -2.59. The number of fused-ring (bicyclic) bond motifs is 5. The number of benzene rings is 1. The fourth-order valence-corrected chi connectivity index (χ4v) is 7.80. The van der Waals surface area contributed by atoms with Gasteiger partial charge in [0.15, 0.2) is 0 Å². The minimum atomic E-state index is 0.0821. The first kappa shape index (κ1) is 20.3. The Balaban J connectivity index is 1.50. The predicted octanol–water partition coefficient (Wildman–Crippen LogP) is 6.50. The molecule has 0 saturated heterocycles. The number of hydrogen-bond donors (Lipinski definition) is 1. The molecule has 5 rings (SSSR count). The summed E-state index contributed by atoms with van der Waals surface area (Å²) in [5.74, 6) is 2.57. The van der Waals surface area contributed by atoms with Crippen molar-refractivity contribution in [3.8, 4) is 0 Å². The van der Waals surface area contributed by atoms with Gasteiger partial charge in [0.25, 0.3) is 5.91 Å². The van der Waals surface area contributed by atoms with Crippen LogP contribution in [0.5, 0.6) is 0 Å². The van der Waals surface area contributed by atoms with E-state index in [0.717, 1.165) is 29.4 Å². The number of hydrogen-bond acceptors (Lipinski definition) is 1. The predicted molar refractivity (Wildman–Crippen MR) is 124 cm³/mol. The topological polar surface area (TPSA) is 29.1 Å². The molecule has 0 radical (unpaired) electrons. The third-order valence-electron chi connectivity index (χ3n) is 9.62. The van der Waals surface area contributed by atoms with E-state index in [0.29, 0.717) is 17.4 Å². The molecule has 3 fully saturated rings. The maximum Gasteiger partial charge on any atom is 0.251 e. The molecule has 6 atom stereocenters. The normalized spacial score (nSPS) is 40.7. The molecule has 0 spiro atoms. The average Bonchev–Trinajstić information content (AvgIpc) is 3.09. The van der Waals surface area contributed by atoms with Crippen LogP contribution in [0.25, 0.3) is 5.57 Å². The van der Waals surface area contributed by atoms with E-state index in [4.69, 9.17) is 0 Å². The number of nitrogens with one attached hydrogen (secondary N) is 1. The van der Waals surface area contributed by atoms with Crippen LogP contribution in [0.4, 0.5) is 0 Å². The summed E-state index contributed by atoms with van der Waals surface area (Å²) < 4.78 is 0. The molecule has 30 heavy (non-hydrogen) atoms. The number of carbonyl (C=O) groups excluding carboxylic acids is 1. The van der Waals surface area contributed by atoms with Gasteiger partial charge in [-0.1, -0.05) is 71.4 Å². The van der Waals surface area contributed by atoms with Crippen molar-refractivity contribution >= 4 is 11.5 Å². The number of amides is 1. The Morgan fingerprint density at radius 1 is 0.933 bits per heavy atom. The van der Waals surface area contributed by atoms with Crippen molar-refractivity contribution in [3.63, 3.8) is 0 Å². The molecule has 2 nitrogen and oxygen atoms in total. The molecule has 3 aliphatic carbocycles. The zero-order valence-corrected chi connectivity index (χ0v) is 19.6. The van der Waals surface area contributed by atoms with Gasteiger partial charge in [-0.2, -0.15) is 0 Å². The van der Waals surface area contributed by atoms with Crippen molar-refractivity contribution < 1.29 is 4.79 Å². The summed E-state index contributed by atoms with van der Waals surface area (Å²) in [6.45, 7) is 11.7. The molecule has 1 aliphatic heterocycles. The van der Waals surface area contributed by atoms with Crippen LogP contribution in [0.15, 0.2) is 30.3 Å². The highest BCUT2D eigenvalue weighted by Gasteiger charge is 2.57. The largest absolute Gasteiger partial charge is 0.348 e. The molecule has 0 unspecified atom stereocenters. The second-order valence-electron chi connectivity index (χ2n) is 12.3. The van der Waals surface area contributed by atoms with Gasteiger partial charge in [0.2, 0.25) is 0 Å². The molecule has 1 aromatic carbocycles. The van der Waals surface area contributed by atoms with Gasteiger partial charge in [0, 0.05) is 17.0 Å². The van der Waals surface area contributed by atoms with Gasteiger partial charge in [-0.15, -0.1) is 0 Å². The first-order valence-electron chi connectivity index (χ1n) is 12.3. The van der Waals surface area contributed by atoms with Crippen molar-refractivity contribution in [1.29, 1.82) is 0 Å². The van der Waals surface area contributed by atoms with E-state index in [9.17, 15) is 4.79 Å². The first-order chi connectivity index (χ1) is 14.1. The van der Waals surface area contributed by atoms with E-state index >= 15 is 0 Å². The Morgan fingerprint density at radius 3 is 2.37 bits per heavy atom. The van der Waals surface area contributed by atoms with Crippen LogP contribution < -0.4 is 5.32 Å². The Labute approximate surface area is 182 Å². The summed E-state index contributed by atoms with van der Waals surface area (Å²) in [6, 6.07) is 9.02. The molecule has 162 valence electrons. The Morgan fingerprint density at radius 2 is 1.67 bits per heavy atom. The summed E-state index contributed by atoms with van der Waals surface area (Å²) >= 11 is 0. The fraction of sp³-hybridized carbons (Fsp3) is 0.679. The molecule has 0 aromatic heterocycles. The summed E-state index contributed by atoms with van der Waals surface area (Å²) in [5.41, 5.74) is 4.08. The zero-order chi connectivity index (χ0) is 21.3. The highest BCUT2D eigenvalue weighted by molar-refractivity contribution is 6.20. The van der Waals surface area contributed by atoms with Crippen molar-refractivity contribution in [3.05, 3.63) is 41.5 Å². The van der Waals surface area contributed by atoms with Crippen LogP contribution in [0.1, 0.15) is 90.7 Å². The monoisotopic (exact) mass is 405 g/mol. The standard InChI is InChI=1S/C28H39NO/c1-26(2,3)19-10-8-18(9-11-19)21-17-28(5)23-14-16-27(4)15-6-7-22(27)20(23)12-13-24(28)29-25(21)30/h8-11,17,20,22-24H,6-7,12-16H2,1-5H3,(H,29,30)/t20-,22-,23-,24+,27-,28+/m0/s1. The highest BCUT2D eigenvalue weighted by atomic mass is 16.1. The fourth-order valence-electron chi connectivity index (χ4n) is 7.80. The molecule has 1 heterocycles. The number of rotatable bonds is 1. The molecular formula is C28H39NO. The third kappa shape index (κ3) is 3.00. The Hall–Kier alpha value is -1.57. The van der Waals surface area contributed by atoms with Gasteiger partial charge in [-0.3, -0.25) is 4.79 Å². The van der Waals surface area contributed by atoms with Gasteiger partial charge >= 0.3 is 0 Å². The van der Waals surface area contributed by atoms with E-state index in [1.807, 2.05) is 0 Å². The van der Waals surface area contributed by atoms with Crippen LogP contribution >= 0.6 is 0 Å². The van der Waals surface area contributed by atoms with Gasteiger partial charge in [-0.05, 0) is 78.2 Å². The van der Waals surface area contributed by atoms with E-state index in [2.05, 4.69) is 70.3 Å². The van der Waals surface area contributed by atoms with E-state index in [-0.39, 0.29) is 16.7 Å². The van der Waals surface area contributed by atoms with E-state index < -0.39 is 0 Å². The van der Waals surface area contributed by atoms with Gasteiger partial charge in [-0.25, -0.2) is 0 Å². The second kappa shape index (κ2) is 6.71. The third-order valence-corrected chi connectivity index (χ3v) is 9.62. The molecule has 0 bridgehead atoms. The average molecular weight is 406 g/mol. The molecular weight excluding hydrogens is 366 g/mol. The molecule has 4 aliphatic rings. The van der Waals surface area contributed by atoms with Crippen molar-refractivity contribution in [2.45, 2.75) is 91.0 Å². The highest BCUT2D eigenvalue weighted by Crippen LogP contribution is 2.63. The van der Waals surface area contributed by atoms with Crippen molar-refractivity contribution in [2.75, 3.05) is 0 Å². The summed E-state index contributed by atoms with van der Waals surface area (Å²) in [7, 11) is 0. The smallest absolute Gasteiger partial charge is 0.251 e.